The summed E-state index contributed by atoms with van der Waals surface area (Å²) in [7, 11) is 4.61. The highest BCUT2D eigenvalue weighted by atomic mass is 16.5. The Morgan fingerprint density at radius 2 is 1.62 bits per heavy atom. The van der Waals surface area contributed by atoms with E-state index in [0.29, 0.717) is 28.5 Å². The van der Waals surface area contributed by atoms with Crippen molar-refractivity contribution in [1.29, 1.82) is 0 Å². The Balaban J connectivity index is 2.31. The SMILES string of the molecule is COc1ccc(OC)c(C(=O)Nc2ccccc2OC)c1. The lowest BCUT2D eigenvalue weighted by Gasteiger charge is -2.12. The smallest absolute Gasteiger partial charge is 0.259 e. The van der Waals surface area contributed by atoms with Crippen LogP contribution in [0.15, 0.2) is 42.5 Å². The number of benzene rings is 2. The highest BCUT2D eigenvalue weighted by molar-refractivity contribution is 6.07. The van der Waals surface area contributed by atoms with Crippen LogP contribution < -0.4 is 19.5 Å². The second-order valence-electron chi connectivity index (χ2n) is 4.22. The maximum absolute atomic E-state index is 12.4. The summed E-state index contributed by atoms with van der Waals surface area (Å²) in [6.07, 6.45) is 0. The van der Waals surface area contributed by atoms with Gasteiger partial charge in [-0.25, -0.2) is 0 Å². The molecule has 5 nitrogen and oxygen atoms in total. The highest BCUT2D eigenvalue weighted by Gasteiger charge is 2.15. The lowest BCUT2D eigenvalue weighted by atomic mass is 10.1. The van der Waals surface area contributed by atoms with E-state index in [0.717, 1.165) is 0 Å². The molecular weight excluding hydrogens is 270 g/mol. The van der Waals surface area contributed by atoms with Crippen LogP contribution in [0.2, 0.25) is 0 Å². The largest absolute Gasteiger partial charge is 0.497 e. The Morgan fingerprint density at radius 1 is 0.905 bits per heavy atom. The molecule has 110 valence electrons. The van der Waals surface area contributed by atoms with Crippen LogP contribution in [0.1, 0.15) is 10.4 Å². The minimum Gasteiger partial charge on any atom is -0.497 e. The quantitative estimate of drug-likeness (QED) is 0.918. The summed E-state index contributed by atoms with van der Waals surface area (Å²) in [5.74, 6) is 1.35. The van der Waals surface area contributed by atoms with Gasteiger partial charge in [-0.3, -0.25) is 4.79 Å². The number of ether oxygens (including phenoxy) is 3. The molecule has 0 spiro atoms. The van der Waals surface area contributed by atoms with Crippen molar-refractivity contribution in [2.45, 2.75) is 0 Å². The first-order chi connectivity index (χ1) is 10.2. The maximum atomic E-state index is 12.4. The topological polar surface area (TPSA) is 56.8 Å². The Labute approximate surface area is 123 Å². The summed E-state index contributed by atoms with van der Waals surface area (Å²) in [5.41, 5.74) is 0.984. The van der Waals surface area contributed by atoms with Gasteiger partial charge in [-0.1, -0.05) is 12.1 Å². The maximum Gasteiger partial charge on any atom is 0.259 e. The third kappa shape index (κ3) is 3.25. The van der Waals surface area contributed by atoms with Gasteiger partial charge in [-0.2, -0.15) is 0 Å². The monoisotopic (exact) mass is 287 g/mol. The van der Waals surface area contributed by atoms with E-state index in [-0.39, 0.29) is 5.91 Å². The first-order valence-electron chi connectivity index (χ1n) is 6.36. The molecule has 0 saturated heterocycles. The zero-order valence-electron chi connectivity index (χ0n) is 12.2. The van der Waals surface area contributed by atoms with Crippen LogP contribution >= 0.6 is 0 Å². The van der Waals surface area contributed by atoms with Gasteiger partial charge in [0.2, 0.25) is 0 Å². The molecule has 0 radical (unpaired) electrons. The summed E-state index contributed by atoms with van der Waals surface area (Å²) in [5, 5.41) is 2.80. The molecule has 2 rings (SSSR count). The van der Waals surface area contributed by atoms with Gasteiger partial charge in [-0.05, 0) is 30.3 Å². The van der Waals surface area contributed by atoms with Crippen molar-refractivity contribution in [2.24, 2.45) is 0 Å². The summed E-state index contributed by atoms with van der Waals surface area (Å²) in [6.45, 7) is 0. The van der Waals surface area contributed by atoms with Gasteiger partial charge in [0.1, 0.15) is 17.2 Å². The molecule has 0 heterocycles. The van der Waals surface area contributed by atoms with E-state index in [1.165, 1.54) is 7.11 Å². The van der Waals surface area contributed by atoms with Crippen molar-refractivity contribution in [3.05, 3.63) is 48.0 Å². The molecule has 0 aliphatic heterocycles. The fourth-order valence-corrected chi connectivity index (χ4v) is 1.93. The van der Waals surface area contributed by atoms with Crippen molar-refractivity contribution in [3.63, 3.8) is 0 Å². The number of methoxy groups -OCH3 is 3. The summed E-state index contributed by atoms with van der Waals surface area (Å²) in [4.78, 5) is 12.4. The lowest BCUT2D eigenvalue weighted by Crippen LogP contribution is -2.14. The average molecular weight is 287 g/mol. The second kappa shape index (κ2) is 6.65. The molecule has 0 aromatic heterocycles. The fraction of sp³-hybridized carbons (Fsp3) is 0.188. The summed E-state index contributed by atoms with van der Waals surface area (Å²) >= 11 is 0. The van der Waals surface area contributed by atoms with Gasteiger partial charge in [-0.15, -0.1) is 0 Å². The molecule has 0 saturated carbocycles. The van der Waals surface area contributed by atoms with E-state index in [4.69, 9.17) is 14.2 Å². The Kier molecular flexibility index (Phi) is 4.66. The van der Waals surface area contributed by atoms with Crippen molar-refractivity contribution in [3.8, 4) is 17.2 Å². The Bertz CT molecular complexity index is 640. The standard InChI is InChI=1S/C16H17NO4/c1-19-11-8-9-14(20-2)12(10-11)16(18)17-13-6-4-5-7-15(13)21-3/h4-10H,1-3H3,(H,17,18). The van der Waals surface area contributed by atoms with Crippen molar-refractivity contribution >= 4 is 11.6 Å². The van der Waals surface area contributed by atoms with Crippen molar-refractivity contribution < 1.29 is 19.0 Å². The minimum absolute atomic E-state index is 0.296. The predicted molar refractivity (Wildman–Crippen MR) is 80.5 cm³/mol. The van der Waals surface area contributed by atoms with Crippen LogP contribution in [-0.2, 0) is 0 Å². The zero-order chi connectivity index (χ0) is 15.2. The predicted octanol–water partition coefficient (Wildman–Crippen LogP) is 2.96. The molecule has 5 heteroatoms. The van der Waals surface area contributed by atoms with Crippen molar-refractivity contribution in [1.82, 2.24) is 0 Å². The molecule has 0 atom stereocenters. The Morgan fingerprint density at radius 3 is 2.29 bits per heavy atom. The third-order valence-electron chi connectivity index (χ3n) is 3.01. The summed E-state index contributed by atoms with van der Waals surface area (Å²) < 4.78 is 15.6. The van der Waals surface area contributed by atoms with E-state index in [1.807, 2.05) is 12.1 Å². The third-order valence-corrected chi connectivity index (χ3v) is 3.01. The van der Waals surface area contributed by atoms with Gasteiger partial charge < -0.3 is 19.5 Å². The number of carbonyl (C=O) groups is 1. The normalized spacial score (nSPS) is 9.86. The molecule has 0 fully saturated rings. The molecule has 2 aromatic rings. The molecule has 2 aromatic carbocycles. The second-order valence-corrected chi connectivity index (χ2v) is 4.22. The number of para-hydroxylation sites is 2. The molecule has 1 N–H and O–H groups in total. The number of anilines is 1. The summed E-state index contributed by atoms with van der Waals surface area (Å²) in [6, 6.07) is 12.3. The van der Waals surface area contributed by atoms with E-state index < -0.39 is 0 Å². The molecule has 0 aliphatic rings. The van der Waals surface area contributed by atoms with E-state index in [2.05, 4.69) is 5.32 Å². The van der Waals surface area contributed by atoms with Gasteiger partial charge in [0.25, 0.3) is 5.91 Å². The van der Waals surface area contributed by atoms with Crippen LogP contribution in [-0.4, -0.2) is 27.2 Å². The molecule has 0 aliphatic carbocycles. The molecule has 0 bridgehead atoms. The van der Waals surface area contributed by atoms with Gasteiger partial charge in [0, 0.05) is 0 Å². The van der Waals surface area contributed by atoms with E-state index >= 15 is 0 Å². The lowest BCUT2D eigenvalue weighted by molar-refractivity contribution is 0.102. The van der Waals surface area contributed by atoms with Crippen LogP contribution in [0.3, 0.4) is 0 Å². The van der Waals surface area contributed by atoms with Crippen LogP contribution in [0, 0.1) is 0 Å². The molecule has 21 heavy (non-hydrogen) atoms. The first kappa shape index (κ1) is 14.7. The average Bonchev–Trinajstić information content (AvgIpc) is 2.54. The zero-order valence-corrected chi connectivity index (χ0v) is 12.2. The minimum atomic E-state index is -0.296. The molecular formula is C16H17NO4. The van der Waals surface area contributed by atoms with Gasteiger partial charge in [0.05, 0.1) is 32.6 Å². The van der Waals surface area contributed by atoms with Crippen LogP contribution in [0.5, 0.6) is 17.2 Å². The Hall–Kier alpha value is -2.69. The number of amides is 1. The van der Waals surface area contributed by atoms with Crippen LogP contribution in [0.4, 0.5) is 5.69 Å². The molecule has 1 amide bonds. The van der Waals surface area contributed by atoms with E-state index in [9.17, 15) is 4.79 Å². The number of hydrogen-bond donors (Lipinski definition) is 1. The van der Waals surface area contributed by atoms with Gasteiger partial charge >= 0.3 is 0 Å². The fourth-order valence-electron chi connectivity index (χ4n) is 1.93. The number of carbonyl (C=O) groups excluding carboxylic acids is 1. The van der Waals surface area contributed by atoms with E-state index in [1.54, 1.807) is 44.6 Å². The highest BCUT2D eigenvalue weighted by Crippen LogP contribution is 2.27. The number of hydrogen-bond acceptors (Lipinski definition) is 4. The van der Waals surface area contributed by atoms with Crippen molar-refractivity contribution in [2.75, 3.05) is 26.6 Å². The first-order valence-corrected chi connectivity index (χ1v) is 6.36. The van der Waals surface area contributed by atoms with Crippen LogP contribution in [0.25, 0.3) is 0 Å². The number of nitrogens with one attached hydrogen (secondary N) is 1. The number of rotatable bonds is 5. The molecule has 0 unspecified atom stereocenters. The van der Waals surface area contributed by atoms with Gasteiger partial charge in [0.15, 0.2) is 0 Å².